The number of ketones is 1. The van der Waals surface area contributed by atoms with Gasteiger partial charge in [-0.05, 0) is 37.6 Å². The average molecular weight is 411 g/mol. The number of nitrogens with zero attached hydrogens (tertiary/aromatic N) is 5. The van der Waals surface area contributed by atoms with E-state index in [1.54, 1.807) is 17.1 Å². The lowest BCUT2D eigenvalue weighted by atomic mass is 9.85. The quantitative estimate of drug-likeness (QED) is 0.486. The Morgan fingerprint density at radius 2 is 1.93 bits per heavy atom. The Morgan fingerprint density at radius 1 is 1.10 bits per heavy atom. The maximum Gasteiger partial charge on any atom is 0.417 e. The minimum atomic E-state index is -4.47. The van der Waals surface area contributed by atoms with Gasteiger partial charge in [-0.2, -0.15) is 18.3 Å². The number of pyridine rings is 2. The van der Waals surface area contributed by atoms with Gasteiger partial charge in [-0.25, -0.2) is 4.98 Å². The Bertz CT molecular complexity index is 1260. The van der Waals surface area contributed by atoms with Crippen LogP contribution in [-0.2, 0) is 6.18 Å². The van der Waals surface area contributed by atoms with Crippen LogP contribution >= 0.6 is 0 Å². The number of carbonyl (C=O) groups is 1. The van der Waals surface area contributed by atoms with Crippen LogP contribution < -0.4 is 0 Å². The molecule has 0 aliphatic carbocycles. The van der Waals surface area contributed by atoms with Crippen LogP contribution in [0.2, 0.25) is 0 Å². The van der Waals surface area contributed by atoms with Crippen molar-refractivity contribution >= 4 is 11.4 Å². The van der Waals surface area contributed by atoms with Gasteiger partial charge in [0, 0.05) is 35.9 Å². The Labute approximate surface area is 169 Å². The number of imidazole rings is 1. The van der Waals surface area contributed by atoms with E-state index in [0.29, 0.717) is 23.4 Å². The van der Waals surface area contributed by atoms with Crippen LogP contribution in [0.3, 0.4) is 0 Å². The van der Waals surface area contributed by atoms with E-state index in [1.165, 1.54) is 6.07 Å². The van der Waals surface area contributed by atoms with E-state index in [4.69, 9.17) is 0 Å². The smallest absolute Gasteiger partial charge is 0.306 e. The number of aromatic nitrogens is 5. The van der Waals surface area contributed by atoms with Gasteiger partial charge in [0.1, 0.15) is 11.3 Å². The summed E-state index contributed by atoms with van der Waals surface area (Å²) in [5.41, 5.74) is 2.22. The molecule has 5 heterocycles. The first-order valence-corrected chi connectivity index (χ1v) is 9.41. The fourth-order valence-corrected chi connectivity index (χ4v) is 3.98. The zero-order valence-corrected chi connectivity index (χ0v) is 15.8. The summed E-state index contributed by atoms with van der Waals surface area (Å²) in [5, 5.41) is 4.41. The van der Waals surface area contributed by atoms with Crippen molar-refractivity contribution in [2.75, 3.05) is 0 Å². The molecule has 5 rings (SSSR count). The predicted molar refractivity (Wildman–Crippen MR) is 102 cm³/mol. The van der Waals surface area contributed by atoms with E-state index in [2.05, 4.69) is 15.1 Å². The highest BCUT2D eigenvalue weighted by atomic mass is 19.4. The second-order valence-electron chi connectivity index (χ2n) is 7.43. The molecule has 1 aliphatic rings. The van der Waals surface area contributed by atoms with E-state index < -0.39 is 17.7 Å². The van der Waals surface area contributed by atoms with Crippen molar-refractivity contribution in [3.63, 3.8) is 0 Å². The summed E-state index contributed by atoms with van der Waals surface area (Å²) in [7, 11) is 0. The fourth-order valence-electron chi connectivity index (χ4n) is 3.98. The van der Waals surface area contributed by atoms with Crippen LogP contribution in [0, 0.1) is 0 Å². The summed E-state index contributed by atoms with van der Waals surface area (Å²) in [6.45, 7) is 1.93. The lowest BCUT2D eigenvalue weighted by Crippen LogP contribution is -2.29. The van der Waals surface area contributed by atoms with E-state index in [-0.39, 0.29) is 11.8 Å². The molecule has 6 nitrogen and oxygen atoms in total. The zero-order valence-electron chi connectivity index (χ0n) is 15.8. The Kier molecular flexibility index (Phi) is 4.02. The molecule has 0 spiro atoms. The summed E-state index contributed by atoms with van der Waals surface area (Å²) < 4.78 is 42.1. The van der Waals surface area contributed by atoms with Crippen LogP contribution in [0.4, 0.5) is 13.2 Å². The van der Waals surface area contributed by atoms with Crippen LogP contribution in [0.15, 0.2) is 55.2 Å². The van der Waals surface area contributed by atoms with E-state index in [1.807, 2.05) is 35.9 Å². The number of hydrogen-bond acceptors (Lipinski definition) is 4. The Hall–Kier alpha value is -3.49. The molecule has 0 N–H and O–H groups in total. The van der Waals surface area contributed by atoms with Crippen molar-refractivity contribution in [2.45, 2.75) is 31.5 Å². The van der Waals surface area contributed by atoms with E-state index in [9.17, 15) is 18.0 Å². The molecule has 152 valence electrons. The van der Waals surface area contributed by atoms with E-state index in [0.717, 1.165) is 23.5 Å². The molecule has 1 aliphatic heterocycles. The molecular weight excluding hydrogens is 395 g/mol. The molecule has 0 saturated carbocycles. The highest BCUT2D eigenvalue weighted by Gasteiger charge is 2.37. The highest BCUT2D eigenvalue weighted by Crippen LogP contribution is 2.39. The molecule has 9 heteroatoms. The van der Waals surface area contributed by atoms with Crippen molar-refractivity contribution in [1.82, 2.24) is 24.1 Å². The standard InChI is InChI=1S/C21H16F3N5O/c1-12-8-15(17-4-3-14(9-26-17)21(22,23)24)20(30)19-16(10-27-29(12)19)13-2-5-18-25-6-7-28(18)11-13/h2-7,9-12,15H,8H2,1H3/t12-,15?/m0/s1. The molecule has 1 unspecified atom stereocenters. The topological polar surface area (TPSA) is 65.1 Å². The molecule has 30 heavy (non-hydrogen) atoms. The summed E-state index contributed by atoms with van der Waals surface area (Å²) >= 11 is 0. The van der Waals surface area contributed by atoms with Crippen LogP contribution in [0.1, 0.15) is 47.1 Å². The van der Waals surface area contributed by atoms with Crippen molar-refractivity contribution in [3.05, 3.63) is 72.2 Å². The summed E-state index contributed by atoms with van der Waals surface area (Å²) in [6.07, 6.45) is 3.77. The van der Waals surface area contributed by atoms with Gasteiger partial charge >= 0.3 is 6.18 Å². The third kappa shape index (κ3) is 2.89. The third-order valence-corrected chi connectivity index (χ3v) is 5.51. The Morgan fingerprint density at radius 3 is 2.67 bits per heavy atom. The van der Waals surface area contributed by atoms with Crippen LogP contribution in [0.5, 0.6) is 0 Å². The van der Waals surface area contributed by atoms with Gasteiger partial charge in [0.15, 0.2) is 5.78 Å². The molecule has 2 atom stereocenters. The predicted octanol–water partition coefficient (Wildman–Crippen LogP) is 4.54. The van der Waals surface area contributed by atoms with Gasteiger partial charge in [0.2, 0.25) is 0 Å². The van der Waals surface area contributed by atoms with Gasteiger partial charge in [-0.1, -0.05) is 0 Å². The lowest BCUT2D eigenvalue weighted by molar-refractivity contribution is -0.137. The number of hydrogen-bond donors (Lipinski definition) is 0. The largest absolute Gasteiger partial charge is 0.417 e. The molecule has 4 aromatic rings. The number of halogens is 3. The number of Topliss-reactive ketones (excluding diaryl/α,β-unsaturated/α-hetero) is 1. The molecule has 0 amide bonds. The highest BCUT2D eigenvalue weighted by molar-refractivity contribution is 6.05. The maximum absolute atomic E-state index is 13.4. The van der Waals surface area contributed by atoms with Gasteiger partial charge in [-0.15, -0.1) is 0 Å². The first-order valence-electron chi connectivity index (χ1n) is 9.41. The van der Waals surface area contributed by atoms with Gasteiger partial charge in [0.25, 0.3) is 0 Å². The monoisotopic (exact) mass is 411 g/mol. The summed E-state index contributed by atoms with van der Waals surface area (Å²) in [6, 6.07) is 5.89. The van der Waals surface area contributed by atoms with Crippen molar-refractivity contribution in [1.29, 1.82) is 0 Å². The lowest BCUT2D eigenvalue weighted by Gasteiger charge is -2.28. The van der Waals surface area contributed by atoms with Crippen LogP contribution in [-0.4, -0.2) is 29.9 Å². The number of carbonyl (C=O) groups excluding carboxylic acids is 1. The van der Waals surface area contributed by atoms with Gasteiger partial charge in [-0.3, -0.25) is 14.5 Å². The average Bonchev–Trinajstić information content (AvgIpc) is 3.37. The van der Waals surface area contributed by atoms with E-state index >= 15 is 0 Å². The van der Waals surface area contributed by atoms with Crippen molar-refractivity contribution in [2.24, 2.45) is 0 Å². The SMILES string of the molecule is C[C@H]1CC(c2ccc(C(F)(F)F)cn2)C(=O)c2c(-c3ccc4nccn4c3)cnn21. The van der Waals surface area contributed by atoms with Gasteiger partial charge in [0.05, 0.1) is 29.4 Å². The maximum atomic E-state index is 13.4. The minimum Gasteiger partial charge on any atom is -0.306 e. The summed E-state index contributed by atoms with van der Waals surface area (Å²) in [5.74, 6) is -0.819. The molecular formula is C21H16F3N5O. The second-order valence-corrected chi connectivity index (χ2v) is 7.43. The fraction of sp³-hybridized carbons (Fsp3) is 0.238. The zero-order chi connectivity index (χ0) is 21.0. The molecule has 0 radical (unpaired) electrons. The molecule has 0 aromatic carbocycles. The summed E-state index contributed by atoms with van der Waals surface area (Å²) in [4.78, 5) is 21.6. The van der Waals surface area contributed by atoms with Crippen LogP contribution in [0.25, 0.3) is 16.8 Å². The molecule has 0 fully saturated rings. The normalized spacial score (nSPS) is 19.3. The first-order chi connectivity index (χ1) is 14.3. The van der Waals surface area contributed by atoms with Crippen molar-refractivity contribution < 1.29 is 18.0 Å². The Balaban J connectivity index is 1.56. The van der Waals surface area contributed by atoms with Crippen molar-refractivity contribution in [3.8, 4) is 11.1 Å². The molecule has 0 bridgehead atoms. The second kappa shape index (κ2) is 6.51. The minimum absolute atomic E-state index is 0.0995. The molecule has 4 aromatic heterocycles. The first kappa shape index (κ1) is 18.5. The van der Waals surface area contributed by atoms with Gasteiger partial charge < -0.3 is 4.40 Å². The number of rotatable bonds is 2. The number of fused-ring (bicyclic) bond motifs is 2. The number of alkyl halides is 3. The third-order valence-electron chi connectivity index (χ3n) is 5.51. The molecule has 0 saturated heterocycles.